The maximum atomic E-state index is 11.2. The summed E-state index contributed by atoms with van der Waals surface area (Å²) in [7, 11) is 0. The molecule has 0 radical (unpaired) electrons. The minimum Gasteiger partial charge on any atom is -0.398 e. The van der Waals surface area contributed by atoms with E-state index in [1.165, 1.54) is 6.92 Å². The number of nitrogen functional groups attached to an aromatic ring is 1. The van der Waals surface area contributed by atoms with Gasteiger partial charge in [-0.15, -0.1) is 0 Å². The van der Waals surface area contributed by atoms with E-state index in [9.17, 15) is 4.79 Å². The van der Waals surface area contributed by atoms with Gasteiger partial charge in [-0.3, -0.25) is 4.79 Å². The number of hydrogen-bond donors (Lipinski definition) is 3. The summed E-state index contributed by atoms with van der Waals surface area (Å²) in [4.78, 5) is 13.8. The molecule has 0 bridgehead atoms. The topological polar surface area (TPSA) is 82.7 Å². The molecule has 1 aromatic rings. The summed E-state index contributed by atoms with van der Waals surface area (Å²) in [5.41, 5.74) is 6.80. The van der Waals surface area contributed by atoms with Crippen LogP contribution in [0, 0.1) is 12.3 Å². The van der Waals surface area contributed by atoms with Gasteiger partial charge in [0.2, 0.25) is 0 Å². The molecule has 0 aliphatic heterocycles. The lowest BCUT2D eigenvalue weighted by atomic mass is 10.1. The van der Waals surface area contributed by atoms with Crippen LogP contribution in [-0.2, 0) is 0 Å². The Balaban J connectivity index is 0. The van der Waals surface area contributed by atoms with Crippen LogP contribution in [0.15, 0.2) is 10.9 Å². The molecule has 16 heavy (non-hydrogen) atoms. The summed E-state index contributed by atoms with van der Waals surface area (Å²) >= 11 is 0. The second-order valence-electron chi connectivity index (χ2n) is 2.74. The second kappa shape index (κ2) is 8.71. The molecule has 4 N–H and O–H groups in total. The van der Waals surface area contributed by atoms with Crippen molar-refractivity contribution >= 4 is 11.4 Å². The molecular formula is C12H23N3O. The third kappa shape index (κ3) is 4.77. The lowest BCUT2D eigenvalue weighted by Crippen LogP contribution is -2.19. The smallest absolute Gasteiger partial charge is 0.259 e. The number of H-pyrrole nitrogens is 1. The summed E-state index contributed by atoms with van der Waals surface area (Å²) < 4.78 is 0. The van der Waals surface area contributed by atoms with Gasteiger partial charge in [0.25, 0.3) is 5.56 Å². The number of anilines is 1. The number of nitrogens with one attached hydrogen (secondary N) is 2. The Bertz CT molecular complexity index is 380. The first-order valence-corrected chi connectivity index (χ1v) is 5.57. The SMILES string of the molecule is CC.CC.CC(=N)c1c(N)cc(C)[nH]c1=O. The van der Waals surface area contributed by atoms with Gasteiger partial charge >= 0.3 is 0 Å². The predicted octanol–water partition coefficient (Wildman–Crippen LogP) is 2.71. The largest absolute Gasteiger partial charge is 0.398 e. The fourth-order valence-corrected chi connectivity index (χ4v) is 1.10. The van der Waals surface area contributed by atoms with Crippen molar-refractivity contribution in [3.8, 4) is 0 Å². The summed E-state index contributed by atoms with van der Waals surface area (Å²) in [6.07, 6.45) is 0. The van der Waals surface area contributed by atoms with Crippen molar-refractivity contribution in [1.82, 2.24) is 4.98 Å². The van der Waals surface area contributed by atoms with Gasteiger partial charge in [0.15, 0.2) is 0 Å². The zero-order chi connectivity index (χ0) is 13.3. The number of hydrogen-bond acceptors (Lipinski definition) is 3. The number of nitrogens with two attached hydrogens (primary N) is 1. The van der Waals surface area contributed by atoms with Crippen molar-refractivity contribution < 1.29 is 0 Å². The molecule has 0 unspecified atom stereocenters. The lowest BCUT2D eigenvalue weighted by Gasteiger charge is -2.02. The van der Waals surface area contributed by atoms with Crippen molar-refractivity contribution in [2.75, 3.05) is 5.73 Å². The molecule has 4 nitrogen and oxygen atoms in total. The molecule has 0 aliphatic carbocycles. The monoisotopic (exact) mass is 225 g/mol. The van der Waals surface area contributed by atoms with Gasteiger partial charge in [0, 0.05) is 17.1 Å². The molecule has 1 heterocycles. The van der Waals surface area contributed by atoms with Gasteiger partial charge in [-0.25, -0.2) is 0 Å². The Labute approximate surface area is 97.4 Å². The molecule has 0 aromatic carbocycles. The van der Waals surface area contributed by atoms with E-state index in [4.69, 9.17) is 11.1 Å². The average Bonchev–Trinajstić information content (AvgIpc) is 2.21. The highest BCUT2D eigenvalue weighted by Crippen LogP contribution is 2.06. The third-order valence-electron chi connectivity index (χ3n) is 1.57. The first kappa shape index (κ1) is 16.8. The van der Waals surface area contributed by atoms with E-state index in [0.29, 0.717) is 11.4 Å². The van der Waals surface area contributed by atoms with Crippen molar-refractivity contribution in [2.45, 2.75) is 41.5 Å². The van der Waals surface area contributed by atoms with E-state index >= 15 is 0 Å². The standard InChI is InChI=1S/C8H11N3O.2C2H6/c1-4-3-6(10)7(5(2)9)8(12)11-4;2*1-2/h3,9H,1-2H3,(H3,10,11,12);2*1-2H3. The number of aromatic nitrogens is 1. The molecule has 0 saturated heterocycles. The zero-order valence-corrected chi connectivity index (χ0v) is 11.1. The lowest BCUT2D eigenvalue weighted by molar-refractivity contribution is 1.13. The number of aromatic amines is 1. The fraction of sp³-hybridized carbons (Fsp3) is 0.500. The van der Waals surface area contributed by atoms with Crippen molar-refractivity contribution in [1.29, 1.82) is 5.41 Å². The molecule has 0 saturated carbocycles. The van der Waals surface area contributed by atoms with Gasteiger partial charge in [0.1, 0.15) is 0 Å². The molecular weight excluding hydrogens is 202 g/mol. The zero-order valence-electron chi connectivity index (χ0n) is 11.1. The van der Waals surface area contributed by atoms with E-state index in [1.807, 2.05) is 27.7 Å². The molecule has 1 aromatic heterocycles. The Morgan fingerprint density at radius 1 is 1.31 bits per heavy atom. The van der Waals surface area contributed by atoms with Crippen LogP contribution < -0.4 is 11.3 Å². The molecule has 1 rings (SSSR count). The Hall–Kier alpha value is -1.58. The van der Waals surface area contributed by atoms with E-state index in [2.05, 4.69) is 4.98 Å². The van der Waals surface area contributed by atoms with E-state index in [-0.39, 0.29) is 16.8 Å². The molecule has 92 valence electrons. The van der Waals surface area contributed by atoms with Crippen LogP contribution in [-0.4, -0.2) is 10.7 Å². The number of pyridine rings is 1. The van der Waals surface area contributed by atoms with Crippen LogP contribution >= 0.6 is 0 Å². The van der Waals surface area contributed by atoms with Gasteiger partial charge in [-0.2, -0.15) is 0 Å². The third-order valence-corrected chi connectivity index (χ3v) is 1.57. The maximum Gasteiger partial charge on any atom is 0.259 e. The van der Waals surface area contributed by atoms with Crippen LogP contribution in [0.1, 0.15) is 45.9 Å². The first-order valence-electron chi connectivity index (χ1n) is 5.57. The normalized spacial score (nSPS) is 8.12. The van der Waals surface area contributed by atoms with Crippen LogP contribution in [0.5, 0.6) is 0 Å². The van der Waals surface area contributed by atoms with Gasteiger partial charge in [0.05, 0.1) is 5.56 Å². The van der Waals surface area contributed by atoms with Gasteiger partial charge in [-0.05, 0) is 19.9 Å². The van der Waals surface area contributed by atoms with Crippen LogP contribution in [0.3, 0.4) is 0 Å². The number of rotatable bonds is 1. The first-order chi connectivity index (χ1) is 7.52. The van der Waals surface area contributed by atoms with Crippen LogP contribution in [0.4, 0.5) is 5.69 Å². The molecule has 4 heteroatoms. The molecule has 0 fully saturated rings. The number of aryl methyl sites for hydroxylation is 1. The highest BCUT2D eigenvalue weighted by atomic mass is 16.1. The Morgan fingerprint density at radius 3 is 2.06 bits per heavy atom. The van der Waals surface area contributed by atoms with Gasteiger partial charge < -0.3 is 16.1 Å². The van der Waals surface area contributed by atoms with Crippen LogP contribution in [0.25, 0.3) is 0 Å². The van der Waals surface area contributed by atoms with Crippen molar-refractivity contribution in [2.24, 2.45) is 0 Å². The average molecular weight is 225 g/mol. The van der Waals surface area contributed by atoms with E-state index in [1.54, 1.807) is 13.0 Å². The predicted molar refractivity (Wildman–Crippen MR) is 71.4 cm³/mol. The Morgan fingerprint density at radius 2 is 1.75 bits per heavy atom. The fourth-order valence-electron chi connectivity index (χ4n) is 1.10. The van der Waals surface area contributed by atoms with Crippen molar-refractivity contribution in [3.05, 3.63) is 27.7 Å². The van der Waals surface area contributed by atoms with E-state index in [0.717, 1.165) is 0 Å². The van der Waals surface area contributed by atoms with E-state index < -0.39 is 0 Å². The molecule has 0 spiro atoms. The highest BCUT2D eigenvalue weighted by molar-refractivity contribution is 6.00. The minimum atomic E-state index is -0.292. The highest BCUT2D eigenvalue weighted by Gasteiger charge is 2.06. The Kier molecular flexibility index (Phi) is 9.16. The van der Waals surface area contributed by atoms with Crippen LogP contribution in [0.2, 0.25) is 0 Å². The molecule has 0 atom stereocenters. The minimum absolute atomic E-state index is 0.189. The summed E-state index contributed by atoms with van der Waals surface area (Å²) in [5.74, 6) is 0. The second-order valence-corrected chi connectivity index (χ2v) is 2.74. The molecule has 0 aliphatic rings. The quantitative estimate of drug-likeness (QED) is 0.642. The maximum absolute atomic E-state index is 11.2. The summed E-state index contributed by atoms with van der Waals surface area (Å²) in [6, 6.07) is 1.65. The van der Waals surface area contributed by atoms with Gasteiger partial charge in [-0.1, -0.05) is 27.7 Å². The van der Waals surface area contributed by atoms with Crippen molar-refractivity contribution in [3.63, 3.8) is 0 Å². The molecule has 0 amide bonds. The summed E-state index contributed by atoms with van der Waals surface area (Å²) in [6.45, 7) is 11.3. The summed E-state index contributed by atoms with van der Waals surface area (Å²) in [5, 5.41) is 7.29.